The molecule has 0 aliphatic heterocycles. The number of hydrogen-bond acceptors (Lipinski definition) is 1. The van der Waals surface area contributed by atoms with Crippen LogP contribution in [0.2, 0.25) is 0 Å². The van der Waals surface area contributed by atoms with Crippen LogP contribution in [0.5, 0.6) is 0 Å². The average Bonchev–Trinajstić information content (AvgIpc) is 2.90. The van der Waals surface area contributed by atoms with Gasteiger partial charge in [-0.15, -0.1) is 0 Å². The number of rotatable bonds is 1. The fraction of sp³-hybridized carbons (Fsp3) is 0.300. The van der Waals surface area contributed by atoms with E-state index >= 15 is 0 Å². The summed E-state index contributed by atoms with van der Waals surface area (Å²) in [4.78, 5) is 0. The highest BCUT2D eigenvalue weighted by atomic mass is 79.9. The van der Waals surface area contributed by atoms with Crippen molar-refractivity contribution < 1.29 is 4.39 Å². The molecular weight excluding hydrogens is 233 g/mol. The molecule has 2 rings (SSSR count). The van der Waals surface area contributed by atoms with E-state index in [1.165, 1.54) is 0 Å². The summed E-state index contributed by atoms with van der Waals surface area (Å²) in [5.74, 6) is -0.290. The Kier molecular flexibility index (Phi) is 1.88. The van der Waals surface area contributed by atoms with Gasteiger partial charge < -0.3 is 0 Å². The van der Waals surface area contributed by atoms with Gasteiger partial charge in [-0.2, -0.15) is 5.26 Å². The minimum atomic E-state index is -0.534. The monoisotopic (exact) mass is 239 g/mol. The van der Waals surface area contributed by atoms with Gasteiger partial charge in [0, 0.05) is 5.56 Å². The summed E-state index contributed by atoms with van der Waals surface area (Å²) in [6.45, 7) is 0. The van der Waals surface area contributed by atoms with Crippen LogP contribution in [0.15, 0.2) is 22.7 Å². The van der Waals surface area contributed by atoms with E-state index in [0.29, 0.717) is 10.0 Å². The molecule has 13 heavy (non-hydrogen) atoms. The van der Waals surface area contributed by atoms with Gasteiger partial charge in [-0.3, -0.25) is 0 Å². The van der Waals surface area contributed by atoms with Gasteiger partial charge in [0.1, 0.15) is 5.82 Å². The summed E-state index contributed by atoms with van der Waals surface area (Å²) in [6.07, 6.45) is 1.55. The van der Waals surface area contributed by atoms with Crippen molar-refractivity contribution in [3.05, 3.63) is 34.1 Å². The largest absolute Gasteiger partial charge is 0.205 e. The van der Waals surface area contributed by atoms with E-state index in [4.69, 9.17) is 5.26 Å². The minimum Gasteiger partial charge on any atom is -0.205 e. The Balaban J connectivity index is 2.54. The van der Waals surface area contributed by atoms with E-state index in [1.54, 1.807) is 18.2 Å². The van der Waals surface area contributed by atoms with E-state index in [1.807, 2.05) is 0 Å². The van der Waals surface area contributed by atoms with Crippen LogP contribution in [0.4, 0.5) is 4.39 Å². The van der Waals surface area contributed by atoms with Crippen molar-refractivity contribution >= 4 is 15.9 Å². The summed E-state index contributed by atoms with van der Waals surface area (Å²) < 4.78 is 14.0. The fourth-order valence-corrected chi connectivity index (χ4v) is 1.81. The average molecular weight is 240 g/mol. The second kappa shape index (κ2) is 2.81. The van der Waals surface area contributed by atoms with Gasteiger partial charge >= 0.3 is 0 Å². The molecule has 0 saturated heterocycles. The normalized spacial score (nSPS) is 17.9. The molecule has 0 aromatic heterocycles. The van der Waals surface area contributed by atoms with Crippen LogP contribution in [0, 0.1) is 17.1 Å². The molecule has 0 atom stereocenters. The first-order valence-electron chi connectivity index (χ1n) is 4.05. The third kappa shape index (κ3) is 1.26. The Labute approximate surface area is 84.3 Å². The van der Waals surface area contributed by atoms with Crippen molar-refractivity contribution in [1.82, 2.24) is 0 Å². The number of nitriles is 1. The summed E-state index contributed by atoms with van der Waals surface area (Å²) in [5, 5.41) is 8.89. The Morgan fingerprint density at radius 1 is 1.46 bits per heavy atom. The molecule has 66 valence electrons. The Morgan fingerprint density at radius 2 is 2.15 bits per heavy atom. The molecule has 1 aliphatic rings. The lowest BCUT2D eigenvalue weighted by atomic mass is 9.97. The van der Waals surface area contributed by atoms with Gasteiger partial charge in [0.25, 0.3) is 0 Å². The molecule has 3 heteroatoms. The molecule has 0 radical (unpaired) electrons. The Bertz CT molecular complexity index is 390. The summed E-state index contributed by atoms with van der Waals surface area (Å²) >= 11 is 3.11. The lowest BCUT2D eigenvalue weighted by Crippen LogP contribution is -2.05. The zero-order valence-electron chi connectivity index (χ0n) is 6.85. The third-order valence-corrected chi connectivity index (χ3v) is 3.04. The van der Waals surface area contributed by atoms with Crippen LogP contribution in [0.25, 0.3) is 0 Å². The first kappa shape index (κ1) is 8.71. The highest BCUT2D eigenvalue weighted by Crippen LogP contribution is 2.49. The summed E-state index contributed by atoms with van der Waals surface area (Å²) in [6, 6.07) is 7.28. The standard InChI is InChI=1S/C10H7BrFN/c11-8-3-1-2-7(9(8)12)10(6-13)4-5-10/h1-3H,4-5H2. The Morgan fingerprint density at radius 3 is 2.69 bits per heavy atom. The molecule has 1 fully saturated rings. The van der Waals surface area contributed by atoms with Crippen LogP contribution < -0.4 is 0 Å². The van der Waals surface area contributed by atoms with Gasteiger partial charge in [0.15, 0.2) is 0 Å². The van der Waals surface area contributed by atoms with Crippen molar-refractivity contribution in [3.63, 3.8) is 0 Å². The molecule has 0 unspecified atom stereocenters. The fourth-order valence-electron chi connectivity index (χ4n) is 1.44. The van der Waals surface area contributed by atoms with Crippen LogP contribution >= 0.6 is 15.9 Å². The Hall–Kier alpha value is -0.880. The van der Waals surface area contributed by atoms with Gasteiger partial charge in [-0.05, 0) is 34.8 Å². The zero-order valence-corrected chi connectivity index (χ0v) is 8.44. The molecule has 0 N–H and O–H groups in total. The first-order valence-corrected chi connectivity index (χ1v) is 4.85. The zero-order chi connectivity index (χ0) is 9.47. The maximum absolute atomic E-state index is 13.5. The maximum atomic E-state index is 13.5. The van der Waals surface area contributed by atoms with Crippen LogP contribution in [0.1, 0.15) is 18.4 Å². The van der Waals surface area contributed by atoms with E-state index in [9.17, 15) is 4.39 Å². The van der Waals surface area contributed by atoms with Gasteiger partial charge in [-0.25, -0.2) is 4.39 Å². The molecule has 0 amide bonds. The second-order valence-electron chi connectivity index (χ2n) is 3.30. The lowest BCUT2D eigenvalue weighted by Gasteiger charge is -2.07. The van der Waals surface area contributed by atoms with Crippen molar-refractivity contribution in [2.75, 3.05) is 0 Å². The van der Waals surface area contributed by atoms with Crippen molar-refractivity contribution in [3.8, 4) is 6.07 Å². The van der Waals surface area contributed by atoms with Crippen molar-refractivity contribution in [2.45, 2.75) is 18.3 Å². The lowest BCUT2D eigenvalue weighted by molar-refractivity contribution is 0.593. The number of benzene rings is 1. The quantitative estimate of drug-likeness (QED) is 0.739. The molecule has 1 nitrogen and oxygen atoms in total. The van der Waals surface area contributed by atoms with E-state index in [0.717, 1.165) is 12.8 Å². The van der Waals surface area contributed by atoms with Gasteiger partial charge in [0.05, 0.1) is 16.0 Å². The number of nitrogens with zero attached hydrogens (tertiary/aromatic N) is 1. The number of hydrogen-bond donors (Lipinski definition) is 0. The van der Waals surface area contributed by atoms with Crippen molar-refractivity contribution in [2.24, 2.45) is 0 Å². The third-order valence-electron chi connectivity index (χ3n) is 2.43. The van der Waals surface area contributed by atoms with Crippen LogP contribution in [0.3, 0.4) is 0 Å². The molecule has 0 spiro atoms. The predicted octanol–water partition coefficient (Wildman–Crippen LogP) is 3.14. The molecular formula is C10H7BrFN. The smallest absolute Gasteiger partial charge is 0.142 e. The van der Waals surface area contributed by atoms with E-state index < -0.39 is 5.41 Å². The predicted molar refractivity (Wildman–Crippen MR) is 50.6 cm³/mol. The highest BCUT2D eigenvalue weighted by Gasteiger charge is 2.46. The molecule has 0 heterocycles. The molecule has 1 aliphatic carbocycles. The molecule has 0 bridgehead atoms. The van der Waals surface area contributed by atoms with E-state index in [2.05, 4.69) is 22.0 Å². The van der Waals surface area contributed by atoms with E-state index in [-0.39, 0.29) is 5.82 Å². The van der Waals surface area contributed by atoms with Crippen LogP contribution in [-0.4, -0.2) is 0 Å². The second-order valence-corrected chi connectivity index (χ2v) is 4.15. The van der Waals surface area contributed by atoms with Crippen molar-refractivity contribution in [1.29, 1.82) is 5.26 Å². The SMILES string of the molecule is N#CC1(c2cccc(Br)c2F)CC1. The summed E-state index contributed by atoms with van der Waals surface area (Å²) in [5.41, 5.74) is -0.00204. The van der Waals surface area contributed by atoms with Gasteiger partial charge in [0.2, 0.25) is 0 Å². The highest BCUT2D eigenvalue weighted by molar-refractivity contribution is 9.10. The van der Waals surface area contributed by atoms with Gasteiger partial charge in [-0.1, -0.05) is 12.1 Å². The molecule has 1 aromatic rings. The van der Waals surface area contributed by atoms with Crippen LogP contribution in [-0.2, 0) is 5.41 Å². The first-order chi connectivity index (χ1) is 6.19. The topological polar surface area (TPSA) is 23.8 Å². The maximum Gasteiger partial charge on any atom is 0.142 e. The molecule has 1 aromatic carbocycles. The molecule has 1 saturated carbocycles. The number of halogens is 2. The summed E-state index contributed by atoms with van der Waals surface area (Å²) in [7, 11) is 0. The minimum absolute atomic E-state index is 0.290.